The molecule has 1 heterocycles. The molecular weight excluding hydrogens is 247 g/mol. The number of aromatic nitrogens is 1. The maximum atomic E-state index is 13.6. The Kier molecular flexibility index (Phi) is 4.33. The molecule has 4 heteroatoms. The minimum Gasteiger partial charge on any atom is -0.324 e. The summed E-state index contributed by atoms with van der Waals surface area (Å²) in [7, 11) is 0. The second-order valence-electron chi connectivity index (χ2n) is 4.13. The van der Waals surface area contributed by atoms with Gasteiger partial charge in [0, 0.05) is 24.0 Å². The Labute approximate surface area is 111 Å². The third kappa shape index (κ3) is 3.09. The Morgan fingerprint density at radius 1 is 1.28 bits per heavy atom. The van der Waals surface area contributed by atoms with Gasteiger partial charge in [-0.3, -0.25) is 4.98 Å². The van der Waals surface area contributed by atoms with Crippen LogP contribution in [-0.4, -0.2) is 10.7 Å². The minimum absolute atomic E-state index is 0.186. The van der Waals surface area contributed by atoms with E-state index >= 15 is 0 Å². The molecule has 0 radical (unpaired) electrons. The van der Waals surface area contributed by atoms with Crippen molar-refractivity contribution in [1.29, 1.82) is 0 Å². The minimum atomic E-state index is -0.277. The highest BCUT2D eigenvalue weighted by molar-refractivity contribution is 7.80. The van der Waals surface area contributed by atoms with Gasteiger partial charge in [-0.25, -0.2) is 4.39 Å². The molecule has 1 atom stereocenters. The van der Waals surface area contributed by atoms with Crippen LogP contribution in [0.2, 0.25) is 0 Å². The van der Waals surface area contributed by atoms with Gasteiger partial charge in [0.15, 0.2) is 0 Å². The monoisotopic (exact) mass is 262 g/mol. The van der Waals surface area contributed by atoms with E-state index in [1.165, 1.54) is 12.1 Å². The lowest BCUT2D eigenvalue weighted by Gasteiger charge is -2.12. The fraction of sp³-hybridized carbons (Fsp3) is 0.214. The highest BCUT2D eigenvalue weighted by Gasteiger charge is 2.09. The number of hydrogen-bond acceptors (Lipinski definition) is 3. The molecule has 1 aromatic carbocycles. The van der Waals surface area contributed by atoms with Crippen LogP contribution in [-0.2, 0) is 0 Å². The number of benzene rings is 1. The molecule has 0 saturated heterocycles. The second kappa shape index (κ2) is 5.98. The maximum absolute atomic E-state index is 13.6. The molecule has 18 heavy (non-hydrogen) atoms. The average molecular weight is 262 g/mol. The zero-order valence-corrected chi connectivity index (χ0v) is 10.8. The second-order valence-corrected chi connectivity index (χ2v) is 4.58. The number of rotatable bonds is 4. The van der Waals surface area contributed by atoms with Gasteiger partial charge >= 0.3 is 0 Å². The topological polar surface area (TPSA) is 38.9 Å². The van der Waals surface area contributed by atoms with Crippen LogP contribution in [0.3, 0.4) is 0 Å². The fourth-order valence-electron chi connectivity index (χ4n) is 1.83. The van der Waals surface area contributed by atoms with Crippen LogP contribution < -0.4 is 5.73 Å². The van der Waals surface area contributed by atoms with E-state index in [4.69, 9.17) is 5.73 Å². The predicted octanol–water partition coefficient (Wildman–Crippen LogP) is 3.21. The van der Waals surface area contributed by atoms with E-state index in [2.05, 4.69) is 17.6 Å². The van der Waals surface area contributed by atoms with E-state index in [0.29, 0.717) is 5.75 Å². The summed E-state index contributed by atoms with van der Waals surface area (Å²) >= 11 is 4.15. The van der Waals surface area contributed by atoms with Crippen LogP contribution in [0.15, 0.2) is 42.7 Å². The van der Waals surface area contributed by atoms with Crippen LogP contribution >= 0.6 is 12.6 Å². The molecule has 2 N–H and O–H groups in total. The molecule has 2 nitrogen and oxygen atoms in total. The zero-order valence-electron chi connectivity index (χ0n) is 9.88. The van der Waals surface area contributed by atoms with Gasteiger partial charge in [-0.15, -0.1) is 0 Å². The van der Waals surface area contributed by atoms with Crippen molar-refractivity contribution < 1.29 is 4.39 Å². The molecule has 0 spiro atoms. The number of thiol groups is 1. The summed E-state index contributed by atoms with van der Waals surface area (Å²) < 4.78 is 13.6. The Hall–Kier alpha value is -1.39. The molecule has 1 aromatic heterocycles. The van der Waals surface area contributed by atoms with Crippen molar-refractivity contribution in [2.75, 3.05) is 5.75 Å². The van der Waals surface area contributed by atoms with Gasteiger partial charge in [-0.05, 0) is 47.6 Å². The first-order valence-electron chi connectivity index (χ1n) is 5.78. The molecular formula is C14H15FN2S. The third-order valence-electron chi connectivity index (χ3n) is 2.78. The third-order valence-corrected chi connectivity index (χ3v) is 3.04. The zero-order chi connectivity index (χ0) is 13.0. The molecule has 0 fully saturated rings. The summed E-state index contributed by atoms with van der Waals surface area (Å²) in [5.74, 6) is 0.404. The molecule has 0 bridgehead atoms. The molecule has 2 aromatic rings. The van der Waals surface area contributed by atoms with Crippen molar-refractivity contribution in [2.45, 2.75) is 12.5 Å². The molecule has 2 rings (SSSR count). The lowest BCUT2D eigenvalue weighted by atomic mass is 9.99. The summed E-state index contributed by atoms with van der Waals surface area (Å²) in [4.78, 5) is 4.04. The molecule has 94 valence electrons. The molecule has 0 aliphatic carbocycles. The Bertz CT molecular complexity index is 516. The van der Waals surface area contributed by atoms with Crippen LogP contribution in [0, 0.1) is 5.82 Å². The maximum Gasteiger partial charge on any atom is 0.124 e. The molecule has 0 aliphatic heterocycles. The summed E-state index contributed by atoms with van der Waals surface area (Å²) in [5.41, 5.74) is 8.47. The Morgan fingerprint density at radius 2 is 2.11 bits per heavy atom. The van der Waals surface area contributed by atoms with E-state index in [9.17, 15) is 4.39 Å². The summed E-state index contributed by atoms with van der Waals surface area (Å²) in [5, 5.41) is 0. The van der Waals surface area contributed by atoms with Gasteiger partial charge in [0.05, 0.1) is 0 Å². The highest BCUT2D eigenvalue weighted by atomic mass is 32.1. The quantitative estimate of drug-likeness (QED) is 0.830. The van der Waals surface area contributed by atoms with E-state index in [1.807, 2.05) is 18.2 Å². The lowest BCUT2D eigenvalue weighted by Crippen LogP contribution is -2.11. The van der Waals surface area contributed by atoms with Gasteiger partial charge in [0.25, 0.3) is 0 Å². The summed E-state index contributed by atoms with van der Waals surface area (Å²) in [6.07, 6.45) is 4.12. The van der Waals surface area contributed by atoms with E-state index < -0.39 is 0 Å². The van der Waals surface area contributed by atoms with Gasteiger partial charge < -0.3 is 5.73 Å². The molecule has 1 unspecified atom stereocenters. The van der Waals surface area contributed by atoms with E-state index in [0.717, 1.165) is 23.1 Å². The Balaban J connectivity index is 2.38. The fourth-order valence-corrected chi connectivity index (χ4v) is 2.11. The lowest BCUT2D eigenvalue weighted by molar-refractivity contribution is 0.618. The van der Waals surface area contributed by atoms with Crippen molar-refractivity contribution in [3.05, 3.63) is 54.1 Å². The van der Waals surface area contributed by atoms with Crippen molar-refractivity contribution >= 4 is 12.6 Å². The standard InChI is InChI=1S/C14H15FN2S/c15-13-7-11(10-2-1-4-17-9-10)6-12(8-13)14(16)3-5-18/h1-2,4,6-9,14,18H,3,5,16H2. The van der Waals surface area contributed by atoms with Gasteiger partial charge in [0.1, 0.15) is 5.82 Å². The number of pyridine rings is 1. The predicted molar refractivity (Wildman–Crippen MR) is 75.0 cm³/mol. The SMILES string of the molecule is NC(CCS)c1cc(F)cc(-c2cccnc2)c1. The number of halogens is 1. The summed E-state index contributed by atoms with van der Waals surface area (Å²) in [6.45, 7) is 0. The van der Waals surface area contributed by atoms with Crippen LogP contribution in [0.25, 0.3) is 11.1 Å². The highest BCUT2D eigenvalue weighted by Crippen LogP contribution is 2.24. The number of nitrogens with two attached hydrogens (primary N) is 1. The molecule has 0 amide bonds. The normalized spacial score (nSPS) is 12.4. The number of hydrogen-bond donors (Lipinski definition) is 2. The Morgan fingerprint density at radius 3 is 2.78 bits per heavy atom. The van der Waals surface area contributed by atoms with E-state index in [-0.39, 0.29) is 11.9 Å². The molecule has 0 aliphatic rings. The van der Waals surface area contributed by atoms with Crippen LogP contribution in [0.4, 0.5) is 4.39 Å². The van der Waals surface area contributed by atoms with E-state index in [1.54, 1.807) is 12.4 Å². The largest absolute Gasteiger partial charge is 0.324 e. The van der Waals surface area contributed by atoms with Crippen molar-refractivity contribution in [3.63, 3.8) is 0 Å². The van der Waals surface area contributed by atoms with Gasteiger partial charge in [0.2, 0.25) is 0 Å². The van der Waals surface area contributed by atoms with Crippen molar-refractivity contribution in [2.24, 2.45) is 5.73 Å². The van der Waals surface area contributed by atoms with Crippen LogP contribution in [0.1, 0.15) is 18.0 Å². The van der Waals surface area contributed by atoms with Crippen molar-refractivity contribution in [1.82, 2.24) is 4.98 Å². The average Bonchev–Trinajstić information content (AvgIpc) is 2.39. The van der Waals surface area contributed by atoms with Crippen molar-refractivity contribution in [3.8, 4) is 11.1 Å². The summed E-state index contributed by atoms with van der Waals surface area (Å²) in [6, 6.07) is 8.42. The van der Waals surface area contributed by atoms with Crippen LogP contribution in [0.5, 0.6) is 0 Å². The molecule has 0 saturated carbocycles. The first kappa shape index (κ1) is 13.1. The number of nitrogens with zero attached hydrogens (tertiary/aromatic N) is 1. The smallest absolute Gasteiger partial charge is 0.124 e. The van der Waals surface area contributed by atoms with Gasteiger partial charge in [-0.2, -0.15) is 12.6 Å². The first-order valence-corrected chi connectivity index (χ1v) is 6.41. The van der Waals surface area contributed by atoms with Gasteiger partial charge in [-0.1, -0.05) is 6.07 Å². The first-order chi connectivity index (χ1) is 8.70.